The second-order valence-electron chi connectivity index (χ2n) is 4.68. The fourth-order valence-corrected chi connectivity index (χ4v) is 3.57. The molecule has 0 saturated carbocycles. The highest BCUT2D eigenvalue weighted by molar-refractivity contribution is 8.00. The molecule has 0 bridgehead atoms. The predicted molar refractivity (Wildman–Crippen MR) is 92.2 cm³/mol. The van der Waals surface area contributed by atoms with E-state index in [0.717, 1.165) is 22.1 Å². The van der Waals surface area contributed by atoms with E-state index in [1.807, 2.05) is 53.3 Å². The lowest BCUT2D eigenvalue weighted by Gasteiger charge is -2.13. The van der Waals surface area contributed by atoms with E-state index in [-0.39, 0.29) is 5.25 Å². The maximum Gasteiger partial charge on any atom is 0.197 e. The van der Waals surface area contributed by atoms with Crippen molar-refractivity contribution in [2.45, 2.75) is 17.3 Å². The van der Waals surface area contributed by atoms with Crippen LogP contribution in [0, 0.1) is 11.3 Å². The molecule has 2 aromatic heterocycles. The summed E-state index contributed by atoms with van der Waals surface area (Å²) >= 11 is 2.98. The zero-order valence-electron chi connectivity index (χ0n) is 12.6. The molecule has 0 aliphatic heterocycles. The van der Waals surface area contributed by atoms with Gasteiger partial charge in [-0.2, -0.15) is 5.26 Å². The number of hydrogen-bond donors (Lipinski definition) is 0. The number of thiophene rings is 1. The van der Waals surface area contributed by atoms with Gasteiger partial charge in [0.05, 0.1) is 29.0 Å². The summed E-state index contributed by atoms with van der Waals surface area (Å²) in [5.74, 6) is 1.48. The molecular weight excluding hydrogens is 328 g/mol. The first-order valence-corrected chi connectivity index (χ1v) is 8.69. The molecule has 5 nitrogen and oxygen atoms in total. The van der Waals surface area contributed by atoms with Crippen LogP contribution in [0.1, 0.15) is 6.92 Å². The van der Waals surface area contributed by atoms with Crippen LogP contribution >= 0.6 is 23.1 Å². The summed E-state index contributed by atoms with van der Waals surface area (Å²) in [6.07, 6.45) is 0. The van der Waals surface area contributed by atoms with Crippen molar-refractivity contribution in [3.05, 3.63) is 41.8 Å². The minimum Gasteiger partial charge on any atom is -0.495 e. The molecule has 3 rings (SSSR count). The van der Waals surface area contributed by atoms with Crippen LogP contribution < -0.4 is 4.74 Å². The number of ether oxygens (including phenoxy) is 1. The van der Waals surface area contributed by atoms with E-state index in [1.54, 1.807) is 18.4 Å². The SMILES string of the molecule is COc1ccccc1-n1c(S[C@@H](C)C#N)nnc1-c1cccs1. The molecule has 0 saturated heterocycles. The van der Waals surface area contributed by atoms with Crippen LogP contribution in [0.4, 0.5) is 0 Å². The number of hydrogen-bond acceptors (Lipinski definition) is 6. The van der Waals surface area contributed by atoms with E-state index in [1.165, 1.54) is 11.8 Å². The van der Waals surface area contributed by atoms with Crippen molar-refractivity contribution in [2.75, 3.05) is 7.11 Å². The van der Waals surface area contributed by atoms with Gasteiger partial charge in [-0.15, -0.1) is 21.5 Å². The summed E-state index contributed by atoms with van der Waals surface area (Å²) < 4.78 is 7.43. The van der Waals surface area contributed by atoms with Crippen molar-refractivity contribution in [1.29, 1.82) is 5.26 Å². The molecule has 0 fully saturated rings. The van der Waals surface area contributed by atoms with E-state index in [2.05, 4.69) is 16.3 Å². The third-order valence-corrected chi connectivity index (χ3v) is 4.96. The van der Waals surface area contributed by atoms with Gasteiger partial charge < -0.3 is 4.74 Å². The summed E-state index contributed by atoms with van der Waals surface area (Å²) in [7, 11) is 1.64. The largest absolute Gasteiger partial charge is 0.495 e. The highest BCUT2D eigenvalue weighted by Gasteiger charge is 2.20. The van der Waals surface area contributed by atoms with Crippen molar-refractivity contribution in [1.82, 2.24) is 14.8 Å². The van der Waals surface area contributed by atoms with Crippen LogP contribution in [0.3, 0.4) is 0 Å². The number of methoxy groups -OCH3 is 1. The van der Waals surface area contributed by atoms with Crippen molar-refractivity contribution in [3.8, 4) is 28.2 Å². The Morgan fingerprint density at radius 1 is 1.26 bits per heavy atom. The predicted octanol–water partition coefficient (Wildman–Crippen LogP) is 4.01. The number of thioether (sulfide) groups is 1. The standard InChI is InChI=1S/C16H14N4OS2/c1-11(10-17)23-16-19-18-15(14-8-5-9-22-14)20(16)12-6-3-4-7-13(12)21-2/h3-9,11H,1-2H3/t11-/m0/s1. The van der Waals surface area contributed by atoms with Crippen LogP contribution in [0.5, 0.6) is 5.75 Å². The fraction of sp³-hybridized carbons (Fsp3) is 0.188. The molecule has 0 aliphatic carbocycles. The molecule has 116 valence electrons. The van der Waals surface area contributed by atoms with Crippen LogP contribution in [-0.2, 0) is 0 Å². The number of aromatic nitrogens is 3. The molecule has 0 unspecified atom stereocenters. The Hall–Kier alpha value is -2.30. The van der Waals surface area contributed by atoms with Gasteiger partial charge in [0.2, 0.25) is 0 Å². The molecule has 3 aromatic rings. The minimum absolute atomic E-state index is 0.219. The second-order valence-corrected chi connectivity index (χ2v) is 6.94. The lowest BCUT2D eigenvalue weighted by molar-refractivity contribution is 0.412. The summed E-state index contributed by atoms with van der Waals surface area (Å²) in [5.41, 5.74) is 0.857. The molecule has 1 aromatic carbocycles. The summed E-state index contributed by atoms with van der Waals surface area (Å²) in [6, 6.07) is 13.9. The van der Waals surface area contributed by atoms with Gasteiger partial charge in [0.1, 0.15) is 5.75 Å². The van der Waals surface area contributed by atoms with E-state index in [4.69, 9.17) is 10.00 Å². The molecule has 2 heterocycles. The first kappa shape index (κ1) is 15.6. The lowest BCUT2D eigenvalue weighted by Crippen LogP contribution is -2.03. The number of benzene rings is 1. The molecule has 0 spiro atoms. The number of para-hydroxylation sites is 2. The Labute approximate surface area is 142 Å². The maximum atomic E-state index is 9.10. The molecule has 0 radical (unpaired) electrons. The first-order chi connectivity index (χ1) is 11.2. The van der Waals surface area contributed by atoms with Crippen molar-refractivity contribution in [2.24, 2.45) is 0 Å². The normalized spacial score (nSPS) is 11.9. The zero-order chi connectivity index (χ0) is 16.2. The lowest BCUT2D eigenvalue weighted by atomic mass is 10.3. The monoisotopic (exact) mass is 342 g/mol. The third-order valence-electron chi connectivity index (χ3n) is 3.16. The number of nitriles is 1. The van der Waals surface area contributed by atoms with Gasteiger partial charge in [-0.1, -0.05) is 30.0 Å². The molecule has 23 heavy (non-hydrogen) atoms. The molecule has 1 atom stereocenters. The van der Waals surface area contributed by atoms with Crippen LogP contribution in [0.25, 0.3) is 16.4 Å². The van der Waals surface area contributed by atoms with E-state index < -0.39 is 0 Å². The Morgan fingerprint density at radius 3 is 2.78 bits per heavy atom. The van der Waals surface area contributed by atoms with Gasteiger partial charge in [-0.05, 0) is 30.5 Å². The Morgan fingerprint density at radius 2 is 2.09 bits per heavy atom. The minimum atomic E-state index is -0.219. The van der Waals surface area contributed by atoms with Gasteiger partial charge in [0, 0.05) is 0 Å². The zero-order valence-corrected chi connectivity index (χ0v) is 14.3. The van der Waals surface area contributed by atoms with Gasteiger partial charge in [-0.3, -0.25) is 4.57 Å². The Kier molecular flexibility index (Phi) is 4.65. The van der Waals surface area contributed by atoms with Gasteiger partial charge >= 0.3 is 0 Å². The van der Waals surface area contributed by atoms with Crippen LogP contribution in [0.15, 0.2) is 46.9 Å². The van der Waals surface area contributed by atoms with Crippen molar-refractivity contribution < 1.29 is 4.74 Å². The second kappa shape index (κ2) is 6.86. The highest BCUT2D eigenvalue weighted by Crippen LogP contribution is 2.34. The number of nitrogens with zero attached hydrogens (tertiary/aromatic N) is 4. The maximum absolute atomic E-state index is 9.10. The fourth-order valence-electron chi connectivity index (χ4n) is 2.13. The van der Waals surface area contributed by atoms with Crippen LogP contribution in [-0.4, -0.2) is 27.1 Å². The summed E-state index contributed by atoms with van der Waals surface area (Å²) in [4.78, 5) is 1.01. The molecule has 0 amide bonds. The summed E-state index contributed by atoms with van der Waals surface area (Å²) in [5, 5.41) is 20.2. The van der Waals surface area contributed by atoms with Gasteiger partial charge in [0.25, 0.3) is 0 Å². The van der Waals surface area contributed by atoms with Crippen molar-refractivity contribution in [3.63, 3.8) is 0 Å². The summed E-state index contributed by atoms with van der Waals surface area (Å²) in [6.45, 7) is 1.84. The van der Waals surface area contributed by atoms with Gasteiger partial charge in [-0.25, -0.2) is 0 Å². The highest BCUT2D eigenvalue weighted by atomic mass is 32.2. The Balaban J connectivity index is 2.19. The van der Waals surface area contributed by atoms with E-state index in [0.29, 0.717) is 5.16 Å². The van der Waals surface area contributed by atoms with Crippen LogP contribution in [0.2, 0.25) is 0 Å². The smallest absolute Gasteiger partial charge is 0.197 e. The van der Waals surface area contributed by atoms with Gasteiger partial charge in [0.15, 0.2) is 11.0 Å². The molecular formula is C16H14N4OS2. The number of rotatable bonds is 5. The molecule has 0 N–H and O–H groups in total. The molecule has 7 heteroatoms. The Bertz CT molecular complexity index is 836. The van der Waals surface area contributed by atoms with E-state index in [9.17, 15) is 0 Å². The quantitative estimate of drug-likeness (QED) is 0.656. The van der Waals surface area contributed by atoms with E-state index >= 15 is 0 Å². The van der Waals surface area contributed by atoms with Crippen molar-refractivity contribution >= 4 is 23.1 Å². The average molecular weight is 342 g/mol. The topological polar surface area (TPSA) is 63.7 Å². The molecule has 0 aliphatic rings. The first-order valence-electron chi connectivity index (χ1n) is 6.93. The average Bonchev–Trinajstić information content (AvgIpc) is 3.24. The third kappa shape index (κ3) is 3.09.